The van der Waals surface area contributed by atoms with Crippen molar-refractivity contribution >= 4 is 15.9 Å². The molecule has 7 heteroatoms. The van der Waals surface area contributed by atoms with E-state index in [2.05, 4.69) is 19.2 Å². The van der Waals surface area contributed by atoms with Crippen molar-refractivity contribution in [3.8, 4) is 0 Å². The largest absolute Gasteiger partial charge is 0.295 e. The molecular weight excluding hydrogens is 355 g/mol. The number of sulfonamides is 1. The first-order valence-corrected chi connectivity index (χ1v) is 10.9. The van der Waals surface area contributed by atoms with Crippen LogP contribution in [-0.2, 0) is 14.8 Å². The number of hydrogen-bond donors (Lipinski definition) is 1. The standard InChI is InChI=1S/C19H23FN2O3S/c1-18(2)12-7-8-19(18)10-26(24,25)22(14(19)9-12)17(23)16-15(21-16)11-3-5-13(20)6-4-11/h3-6,12,14-16,21H,7-10H2,1-2H3/t12-,14-,15+,16-,19-/m1/s1. The van der Waals surface area contributed by atoms with Gasteiger partial charge in [0.05, 0.1) is 17.8 Å². The second-order valence-corrected chi connectivity index (χ2v) is 10.8. The predicted molar refractivity (Wildman–Crippen MR) is 94.0 cm³/mol. The highest BCUT2D eigenvalue weighted by molar-refractivity contribution is 7.90. The van der Waals surface area contributed by atoms with E-state index in [4.69, 9.17) is 0 Å². The van der Waals surface area contributed by atoms with Gasteiger partial charge >= 0.3 is 0 Å². The number of amides is 1. The normalized spacial score (nSPS) is 41.3. The minimum atomic E-state index is -3.59. The zero-order chi connectivity index (χ0) is 18.5. The number of carbonyl (C=O) groups is 1. The van der Waals surface area contributed by atoms with Gasteiger partial charge in [-0.2, -0.15) is 0 Å². The SMILES string of the molecule is CC1(C)[C@@H]2CC[C@]13CS(=O)(=O)N(C(=O)[C@@H]1N[C@H]1c1ccc(F)cc1)[C@@H]3C2. The Bertz CT molecular complexity index is 898. The van der Waals surface area contributed by atoms with E-state index in [0.29, 0.717) is 5.92 Å². The molecule has 2 bridgehead atoms. The van der Waals surface area contributed by atoms with Crippen LogP contribution in [0.15, 0.2) is 24.3 Å². The minimum absolute atomic E-state index is 0.0485. The Kier molecular flexibility index (Phi) is 3.12. The maximum absolute atomic E-state index is 13.1. The summed E-state index contributed by atoms with van der Waals surface area (Å²) in [7, 11) is -3.59. The number of nitrogens with one attached hydrogen (secondary N) is 1. The van der Waals surface area contributed by atoms with Gasteiger partial charge in [0.15, 0.2) is 0 Å². The van der Waals surface area contributed by atoms with Gasteiger partial charge in [0.2, 0.25) is 10.0 Å². The summed E-state index contributed by atoms with van der Waals surface area (Å²) in [6.07, 6.45) is 2.73. The van der Waals surface area contributed by atoms with Crippen LogP contribution in [0.3, 0.4) is 0 Å². The summed E-state index contributed by atoms with van der Waals surface area (Å²) in [5.74, 6) is -0.0955. The molecule has 0 aromatic heterocycles. The Morgan fingerprint density at radius 1 is 1.27 bits per heavy atom. The molecule has 2 saturated heterocycles. The maximum Gasteiger partial charge on any atom is 0.255 e. The molecule has 4 fully saturated rings. The highest BCUT2D eigenvalue weighted by atomic mass is 32.2. The summed E-state index contributed by atoms with van der Waals surface area (Å²) in [6, 6.07) is 5.02. The lowest BCUT2D eigenvalue weighted by molar-refractivity contribution is -0.128. The van der Waals surface area contributed by atoms with Crippen LogP contribution in [0.4, 0.5) is 4.39 Å². The second-order valence-electron chi connectivity index (χ2n) is 8.93. The number of nitrogens with zero attached hydrogens (tertiary/aromatic N) is 1. The summed E-state index contributed by atoms with van der Waals surface area (Å²) in [6.45, 7) is 4.34. The number of carbonyl (C=O) groups excluding carboxylic acids is 1. The molecular formula is C19H23FN2O3S. The van der Waals surface area contributed by atoms with Gasteiger partial charge < -0.3 is 0 Å². The van der Waals surface area contributed by atoms with Gasteiger partial charge in [0.1, 0.15) is 11.9 Å². The van der Waals surface area contributed by atoms with E-state index in [1.165, 1.54) is 16.4 Å². The molecule has 26 heavy (non-hydrogen) atoms. The Morgan fingerprint density at radius 3 is 2.62 bits per heavy atom. The lowest BCUT2D eigenvalue weighted by Crippen LogP contribution is -2.46. The van der Waals surface area contributed by atoms with E-state index < -0.39 is 16.1 Å². The van der Waals surface area contributed by atoms with Crippen LogP contribution in [0.1, 0.15) is 44.7 Å². The fourth-order valence-electron chi connectivity index (χ4n) is 6.03. The third kappa shape index (κ3) is 1.93. The molecule has 0 radical (unpaired) electrons. The minimum Gasteiger partial charge on any atom is -0.295 e. The molecule has 5 atom stereocenters. The molecule has 0 unspecified atom stereocenters. The zero-order valence-electron chi connectivity index (χ0n) is 14.9. The molecule has 1 amide bonds. The first kappa shape index (κ1) is 16.7. The lowest BCUT2D eigenvalue weighted by Gasteiger charge is -2.37. The summed E-state index contributed by atoms with van der Waals surface area (Å²) in [5.41, 5.74) is 0.462. The summed E-state index contributed by atoms with van der Waals surface area (Å²) < 4.78 is 40.2. The van der Waals surface area contributed by atoms with Crippen molar-refractivity contribution in [3.63, 3.8) is 0 Å². The average molecular weight is 378 g/mol. The van der Waals surface area contributed by atoms with Crippen molar-refractivity contribution in [2.75, 3.05) is 5.75 Å². The molecule has 1 N–H and O–H groups in total. The van der Waals surface area contributed by atoms with Crippen LogP contribution >= 0.6 is 0 Å². The van der Waals surface area contributed by atoms with E-state index in [-0.39, 0.29) is 40.4 Å². The van der Waals surface area contributed by atoms with E-state index in [0.717, 1.165) is 24.8 Å². The molecule has 2 aliphatic carbocycles. The second kappa shape index (κ2) is 4.87. The van der Waals surface area contributed by atoms with E-state index in [1.54, 1.807) is 12.1 Å². The molecule has 1 spiro atoms. The van der Waals surface area contributed by atoms with Crippen LogP contribution in [-0.4, -0.2) is 36.5 Å². The predicted octanol–water partition coefficient (Wildman–Crippen LogP) is 2.21. The third-order valence-electron chi connectivity index (χ3n) is 7.71. The summed E-state index contributed by atoms with van der Waals surface area (Å²) in [4.78, 5) is 13.1. The molecule has 140 valence electrons. The fourth-order valence-corrected chi connectivity index (χ4v) is 8.59. The molecule has 1 aromatic rings. The first-order valence-electron chi connectivity index (χ1n) is 9.25. The quantitative estimate of drug-likeness (QED) is 0.801. The Hall–Kier alpha value is -1.47. The van der Waals surface area contributed by atoms with E-state index >= 15 is 0 Å². The number of halogens is 1. The molecule has 5 rings (SSSR count). The average Bonchev–Trinajstić information content (AvgIpc) is 3.22. The van der Waals surface area contributed by atoms with Crippen molar-refractivity contribution in [2.45, 2.75) is 51.2 Å². The van der Waals surface area contributed by atoms with E-state index in [9.17, 15) is 17.6 Å². The third-order valence-corrected chi connectivity index (χ3v) is 9.62. The number of benzene rings is 1. The van der Waals surface area contributed by atoms with Crippen LogP contribution in [0, 0.1) is 22.6 Å². The van der Waals surface area contributed by atoms with Crippen LogP contribution in [0.25, 0.3) is 0 Å². The highest BCUT2D eigenvalue weighted by Gasteiger charge is 2.73. The number of fused-ring (bicyclic) bond motifs is 1. The van der Waals surface area contributed by atoms with Crippen LogP contribution in [0.2, 0.25) is 0 Å². The van der Waals surface area contributed by atoms with Gasteiger partial charge in [0.25, 0.3) is 5.91 Å². The Labute approximate surface area is 153 Å². The zero-order valence-corrected chi connectivity index (χ0v) is 15.7. The van der Waals surface area contributed by atoms with Crippen molar-refractivity contribution in [1.82, 2.24) is 9.62 Å². The summed E-state index contributed by atoms with van der Waals surface area (Å²) >= 11 is 0. The smallest absolute Gasteiger partial charge is 0.255 e. The number of hydrogen-bond acceptors (Lipinski definition) is 4. The van der Waals surface area contributed by atoms with Crippen molar-refractivity contribution in [2.24, 2.45) is 16.7 Å². The summed E-state index contributed by atoms with van der Waals surface area (Å²) in [5, 5.41) is 3.08. The van der Waals surface area contributed by atoms with Crippen molar-refractivity contribution < 1.29 is 17.6 Å². The van der Waals surface area contributed by atoms with Gasteiger partial charge in [0, 0.05) is 5.41 Å². The van der Waals surface area contributed by atoms with Crippen molar-refractivity contribution in [3.05, 3.63) is 35.6 Å². The molecule has 4 aliphatic rings. The lowest BCUT2D eigenvalue weighted by atomic mass is 9.69. The van der Waals surface area contributed by atoms with Gasteiger partial charge in [-0.15, -0.1) is 0 Å². The van der Waals surface area contributed by atoms with Crippen LogP contribution < -0.4 is 5.32 Å². The fraction of sp³-hybridized carbons (Fsp3) is 0.632. The molecule has 1 aromatic carbocycles. The topological polar surface area (TPSA) is 76.4 Å². The van der Waals surface area contributed by atoms with Gasteiger partial charge in [-0.25, -0.2) is 17.1 Å². The van der Waals surface area contributed by atoms with Crippen molar-refractivity contribution in [1.29, 1.82) is 0 Å². The van der Waals surface area contributed by atoms with Gasteiger partial charge in [-0.1, -0.05) is 26.0 Å². The molecule has 2 aliphatic heterocycles. The molecule has 5 nitrogen and oxygen atoms in total. The first-order chi connectivity index (χ1) is 12.2. The molecule has 2 heterocycles. The Morgan fingerprint density at radius 2 is 1.96 bits per heavy atom. The Balaban J connectivity index is 1.44. The number of rotatable bonds is 2. The maximum atomic E-state index is 13.1. The van der Waals surface area contributed by atoms with Gasteiger partial charge in [-0.05, 0) is 48.3 Å². The highest BCUT2D eigenvalue weighted by Crippen LogP contribution is 2.70. The van der Waals surface area contributed by atoms with E-state index in [1.807, 2.05) is 0 Å². The monoisotopic (exact) mass is 378 g/mol. The van der Waals surface area contributed by atoms with Gasteiger partial charge in [-0.3, -0.25) is 10.1 Å². The molecule has 2 saturated carbocycles. The van der Waals surface area contributed by atoms with Crippen LogP contribution in [0.5, 0.6) is 0 Å².